The molecule has 2 rings (SSSR count). The molecule has 2 nitrogen and oxygen atoms in total. The van der Waals surface area contributed by atoms with Crippen molar-refractivity contribution < 1.29 is 9.53 Å². The maximum absolute atomic E-state index is 11.4. The molecule has 0 bridgehead atoms. The van der Waals surface area contributed by atoms with Crippen LogP contribution in [0.2, 0.25) is 5.02 Å². The highest BCUT2D eigenvalue weighted by Gasteiger charge is 2.32. The Morgan fingerprint density at radius 3 is 2.80 bits per heavy atom. The zero-order valence-electron chi connectivity index (χ0n) is 8.27. The first-order valence-corrected chi connectivity index (χ1v) is 6.04. The van der Waals surface area contributed by atoms with Gasteiger partial charge in [0.1, 0.15) is 11.4 Å². The van der Waals surface area contributed by atoms with E-state index >= 15 is 0 Å². The maximum atomic E-state index is 11.4. The molecule has 15 heavy (non-hydrogen) atoms. The molecule has 0 saturated carbocycles. The van der Waals surface area contributed by atoms with Crippen LogP contribution >= 0.6 is 23.4 Å². The van der Waals surface area contributed by atoms with Gasteiger partial charge in [0.15, 0.2) is 0 Å². The van der Waals surface area contributed by atoms with E-state index in [-0.39, 0.29) is 17.3 Å². The van der Waals surface area contributed by atoms with E-state index in [1.165, 1.54) is 11.8 Å². The number of halogens is 1. The van der Waals surface area contributed by atoms with Crippen molar-refractivity contribution in [3.63, 3.8) is 0 Å². The minimum absolute atomic E-state index is 0.0255. The largest absolute Gasteiger partial charge is 0.462 e. The van der Waals surface area contributed by atoms with Crippen LogP contribution in [0.25, 0.3) is 0 Å². The Labute approximate surface area is 98.0 Å². The van der Waals surface area contributed by atoms with Gasteiger partial charge in [0.25, 0.3) is 0 Å². The van der Waals surface area contributed by atoms with Gasteiger partial charge in [0.2, 0.25) is 0 Å². The zero-order valence-corrected chi connectivity index (χ0v) is 9.85. The fraction of sp³-hybridized carbons (Fsp3) is 0.364. The van der Waals surface area contributed by atoms with Crippen molar-refractivity contribution >= 4 is 29.3 Å². The van der Waals surface area contributed by atoms with Crippen LogP contribution in [0.3, 0.4) is 0 Å². The van der Waals surface area contributed by atoms with Crippen LogP contribution in [-0.2, 0) is 9.53 Å². The summed E-state index contributed by atoms with van der Waals surface area (Å²) in [4.78, 5) is 12.4. The Bertz CT molecular complexity index is 381. The molecule has 1 aromatic rings. The summed E-state index contributed by atoms with van der Waals surface area (Å²) < 4.78 is 5.08. The highest BCUT2D eigenvalue weighted by molar-refractivity contribution is 8.00. The number of thioether (sulfide) groups is 1. The lowest BCUT2D eigenvalue weighted by molar-refractivity contribution is -0.140. The molecule has 1 aliphatic rings. The van der Waals surface area contributed by atoms with E-state index < -0.39 is 0 Å². The molecule has 4 heteroatoms. The highest BCUT2D eigenvalue weighted by atomic mass is 35.5. The quantitative estimate of drug-likeness (QED) is 0.746. The molecule has 0 unspecified atom stereocenters. The molecule has 1 aliphatic heterocycles. The van der Waals surface area contributed by atoms with Crippen LogP contribution in [0, 0.1) is 0 Å². The monoisotopic (exact) mass is 242 g/mol. The molecule has 1 heterocycles. The van der Waals surface area contributed by atoms with Crippen molar-refractivity contribution in [3.8, 4) is 0 Å². The molecule has 2 atom stereocenters. The first-order valence-electron chi connectivity index (χ1n) is 4.78. The van der Waals surface area contributed by atoms with Gasteiger partial charge in [-0.25, -0.2) is 0 Å². The number of esters is 1. The SMILES string of the molecule is C[C@H]1C[C@H](Sc2ccccc2Cl)C(=O)O1. The number of hydrogen-bond donors (Lipinski definition) is 0. The summed E-state index contributed by atoms with van der Waals surface area (Å²) in [6, 6.07) is 7.54. The topological polar surface area (TPSA) is 26.3 Å². The van der Waals surface area contributed by atoms with Crippen molar-refractivity contribution in [1.82, 2.24) is 0 Å². The van der Waals surface area contributed by atoms with Crippen LogP contribution < -0.4 is 0 Å². The van der Waals surface area contributed by atoms with Gasteiger partial charge in [-0.05, 0) is 19.1 Å². The molecule has 1 fully saturated rings. The first kappa shape index (κ1) is 10.8. The third-order valence-corrected chi connectivity index (χ3v) is 3.95. The molecule has 0 radical (unpaired) electrons. The summed E-state index contributed by atoms with van der Waals surface area (Å²) in [5.74, 6) is -0.132. The Morgan fingerprint density at radius 2 is 2.20 bits per heavy atom. The normalized spacial score (nSPS) is 25.3. The van der Waals surface area contributed by atoms with Gasteiger partial charge in [-0.1, -0.05) is 23.7 Å². The van der Waals surface area contributed by atoms with E-state index in [0.29, 0.717) is 5.02 Å². The van der Waals surface area contributed by atoms with Crippen LogP contribution in [0.15, 0.2) is 29.2 Å². The molecular formula is C11H11ClO2S. The second-order valence-corrected chi connectivity index (χ2v) is 5.17. The lowest BCUT2D eigenvalue weighted by Gasteiger charge is -2.06. The third kappa shape index (κ3) is 2.47. The number of carbonyl (C=O) groups excluding carboxylic acids is 1. The zero-order chi connectivity index (χ0) is 10.8. The van der Waals surface area contributed by atoms with Crippen LogP contribution in [0.4, 0.5) is 0 Å². The van der Waals surface area contributed by atoms with Gasteiger partial charge in [0, 0.05) is 11.3 Å². The van der Waals surface area contributed by atoms with Gasteiger partial charge in [-0.2, -0.15) is 0 Å². The average Bonchev–Trinajstić information content (AvgIpc) is 2.49. The van der Waals surface area contributed by atoms with Crippen molar-refractivity contribution in [2.75, 3.05) is 0 Å². The molecular weight excluding hydrogens is 232 g/mol. The van der Waals surface area contributed by atoms with Gasteiger partial charge in [-0.3, -0.25) is 4.79 Å². The summed E-state index contributed by atoms with van der Waals surface area (Å²) in [5.41, 5.74) is 0. The molecule has 0 spiro atoms. The summed E-state index contributed by atoms with van der Waals surface area (Å²) in [6.07, 6.45) is 0.784. The van der Waals surface area contributed by atoms with Crippen molar-refractivity contribution in [2.45, 2.75) is 29.6 Å². The Morgan fingerprint density at radius 1 is 1.47 bits per heavy atom. The smallest absolute Gasteiger partial charge is 0.319 e. The Hall–Kier alpha value is -0.670. The number of rotatable bonds is 2. The second-order valence-electron chi connectivity index (χ2n) is 3.52. The molecule has 0 aliphatic carbocycles. The molecule has 0 N–H and O–H groups in total. The lowest BCUT2D eigenvalue weighted by Crippen LogP contribution is -2.09. The van der Waals surface area contributed by atoms with Crippen molar-refractivity contribution in [2.24, 2.45) is 0 Å². The predicted molar refractivity (Wildman–Crippen MR) is 61.3 cm³/mol. The fourth-order valence-electron chi connectivity index (χ4n) is 1.51. The van der Waals surface area contributed by atoms with Gasteiger partial charge in [0.05, 0.1) is 5.02 Å². The third-order valence-electron chi connectivity index (χ3n) is 2.23. The number of hydrogen-bond acceptors (Lipinski definition) is 3. The Kier molecular flexibility index (Phi) is 3.22. The van der Waals surface area contributed by atoms with Gasteiger partial charge >= 0.3 is 5.97 Å². The summed E-state index contributed by atoms with van der Waals surface area (Å²) in [5, 5.41) is 0.578. The van der Waals surface area contributed by atoms with E-state index in [9.17, 15) is 4.79 Å². The molecule has 80 valence electrons. The molecule has 1 aromatic carbocycles. The predicted octanol–water partition coefficient (Wildman–Crippen LogP) is 3.14. The fourth-order valence-corrected chi connectivity index (χ4v) is 2.94. The number of carbonyl (C=O) groups is 1. The summed E-state index contributed by atoms with van der Waals surface area (Å²) in [6.45, 7) is 1.91. The second kappa shape index (κ2) is 4.45. The average molecular weight is 243 g/mol. The molecule has 1 saturated heterocycles. The van der Waals surface area contributed by atoms with Crippen molar-refractivity contribution in [1.29, 1.82) is 0 Å². The van der Waals surface area contributed by atoms with Gasteiger partial charge in [-0.15, -0.1) is 11.8 Å². The maximum Gasteiger partial charge on any atom is 0.319 e. The van der Waals surface area contributed by atoms with Crippen LogP contribution in [-0.4, -0.2) is 17.3 Å². The number of ether oxygens (including phenoxy) is 1. The lowest BCUT2D eigenvalue weighted by atomic mass is 10.3. The number of benzene rings is 1. The summed E-state index contributed by atoms with van der Waals surface area (Å²) >= 11 is 7.50. The highest BCUT2D eigenvalue weighted by Crippen LogP contribution is 2.35. The standard InChI is InChI=1S/C11H11ClO2S/c1-7-6-10(11(13)14-7)15-9-5-3-2-4-8(9)12/h2-5,7,10H,6H2,1H3/t7-,10-/m0/s1. The van der Waals surface area contributed by atoms with Crippen LogP contribution in [0.1, 0.15) is 13.3 Å². The minimum atomic E-state index is -0.132. The van der Waals surface area contributed by atoms with Gasteiger partial charge < -0.3 is 4.74 Å². The number of cyclic esters (lactones) is 1. The van der Waals surface area contributed by atoms with E-state index in [1.54, 1.807) is 0 Å². The Balaban J connectivity index is 2.09. The van der Waals surface area contributed by atoms with Crippen molar-refractivity contribution in [3.05, 3.63) is 29.3 Å². The first-order chi connectivity index (χ1) is 7.16. The molecule has 0 amide bonds. The van der Waals surface area contributed by atoms with E-state index in [4.69, 9.17) is 16.3 Å². The van der Waals surface area contributed by atoms with E-state index in [0.717, 1.165) is 11.3 Å². The minimum Gasteiger partial charge on any atom is -0.462 e. The van der Waals surface area contributed by atoms with Crippen LogP contribution in [0.5, 0.6) is 0 Å². The van der Waals surface area contributed by atoms with E-state index in [2.05, 4.69) is 0 Å². The molecule has 0 aromatic heterocycles. The van der Waals surface area contributed by atoms with E-state index in [1.807, 2.05) is 31.2 Å². The summed E-state index contributed by atoms with van der Waals surface area (Å²) in [7, 11) is 0.